The molecule has 0 N–H and O–H groups in total. The fraction of sp³-hybridized carbons (Fsp3) is 0.581. The number of fused-ring (bicyclic) bond motifs is 1. The second-order valence-corrected chi connectivity index (χ2v) is 11.7. The molecule has 1 unspecified atom stereocenters. The molecular formula is C31H39FN2O3. The highest BCUT2D eigenvalue weighted by atomic mass is 19.1. The van der Waals surface area contributed by atoms with Crippen LogP contribution in [0.1, 0.15) is 72.9 Å². The summed E-state index contributed by atoms with van der Waals surface area (Å²) in [6.45, 7) is 8.90. The number of carbonyl (C=O) groups is 1. The summed E-state index contributed by atoms with van der Waals surface area (Å²) in [6, 6.07) is 11.2. The molecule has 37 heavy (non-hydrogen) atoms. The monoisotopic (exact) mass is 506 g/mol. The van der Waals surface area contributed by atoms with Crippen molar-refractivity contribution in [3.8, 4) is 5.75 Å². The highest BCUT2D eigenvalue weighted by Gasteiger charge is 2.47. The quantitative estimate of drug-likeness (QED) is 0.466. The molecule has 0 radical (unpaired) electrons. The van der Waals surface area contributed by atoms with E-state index in [0.29, 0.717) is 24.1 Å². The Labute approximate surface area is 219 Å². The lowest BCUT2D eigenvalue weighted by molar-refractivity contribution is 0.0176. The van der Waals surface area contributed by atoms with E-state index < -0.39 is 0 Å². The van der Waals surface area contributed by atoms with Crippen molar-refractivity contribution in [2.24, 2.45) is 5.41 Å². The van der Waals surface area contributed by atoms with Gasteiger partial charge in [0, 0.05) is 49.7 Å². The number of likely N-dealkylation sites (tertiary alicyclic amines) is 1. The first-order valence-electron chi connectivity index (χ1n) is 14.2. The standard InChI is InChI=1S/C31H39FN2O3/c1-2-3-13-33-19-31(20-33)12-14-34(21-31)29-11-7-23(17-28(29)32)26-9-6-22-16-24(8-10-27(22)30(26)35)37-18-25-5-4-15-36-25/h7-8,10-11,16-17,25-26H,2-6,9,12-15,18-21H2,1H3/t25-,26?/m0/s1. The molecule has 3 saturated heterocycles. The summed E-state index contributed by atoms with van der Waals surface area (Å²) in [6.07, 6.45) is 7.39. The molecule has 5 nitrogen and oxygen atoms in total. The number of rotatable bonds is 8. The molecule has 2 atom stereocenters. The van der Waals surface area contributed by atoms with Gasteiger partial charge >= 0.3 is 0 Å². The fourth-order valence-electron chi connectivity index (χ4n) is 6.85. The van der Waals surface area contributed by atoms with Crippen molar-refractivity contribution in [3.63, 3.8) is 0 Å². The maximum absolute atomic E-state index is 15.4. The molecule has 0 saturated carbocycles. The minimum Gasteiger partial charge on any atom is -0.491 e. The van der Waals surface area contributed by atoms with Gasteiger partial charge in [-0.05, 0) is 86.5 Å². The summed E-state index contributed by atoms with van der Waals surface area (Å²) in [7, 11) is 0. The molecule has 6 heteroatoms. The van der Waals surface area contributed by atoms with Gasteiger partial charge in [0.1, 0.15) is 18.2 Å². The van der Waals surface area contributed by atoms with E-state index in [4.69, 9.17) is 9.47 Å². The average molecular weight is 507 g/mol. The van der Waals surface area contributed by atoms with E-state index in [1.165, 1.54) is 19.4 Å². The third kappa shape index (κ3) is 5.03. The molecule has 3 fully saturated rings. The molecule has 0 bridgehead atoms. The van der Waals surface area contributed by atoms with E-state index in [9.17, 15) is 4.79 Å². The van der Waals surface area contributed by atoms with E-state index in [1.807, 2.05) is 30.3 Å². The van der Waals surface area contributed by atoms with E-state index in [0.717, 1.165) is 80.9 Å². The number of Topliss-reactive ketones (excluding diaryl/α,β-unsaturated/α-hetero) is 1. The Hall–Kier alpha value is -2.44. The van der Waals surface area contributed by atoms with Gasteiger partial charge in [-0.15, -0.1) is 0 Å². The molecule has 4 aliphatic rings. The minimum atomic E-state index is -0.293. The molecule has 3 heterocycles. The first kappa shape index (κ1) is 24.9. The van der Waals surface area contributed by atoms with Gasteiger partial charge in [0.15, 0.2) is 5.78 Å². The Balaban J connectivity index is 1.09. The van der Waals surface area contributed by atoms with Gasteiger partial charge in [0.05, 0.1) is 11.8 Å². The van der Waals surface area contributed by atoms with Crippen molar-refractivity contribution < 1.29 is 18.7 Å². The number of nitrogens with zero attached hydrogens (tertiary/aromatic N) is 2. The molecule has 2 aromatic rings. The van der Waals surface area contributed by atoms with Crippen LogP contribution in [0.15, 0.2) is 36.4 Å². The third-order valence-electron chi connectivity index (χ3n) is 8.92. The number of halogens is 1. The van der Waals surface area contributed by atoms with Crippen LogP contribution in [0.4, 0.5) is 10.1 Å². The Morgan fingerprint density at radius 1 is 1.14 bits per heavy atom. The highest BCUT2D eigenvalue weighted by molar-refractivity contribution is 6.03. The van der Waals surface area contributed by atoms with Crippen LogP contribution < -0.4 is 9.64 Å². The molecule has 0 amide bonds. The molecule has 198 valence electrons. The zero-order valence-corrected chi connectivity index (χ0v) is 22.0. The van der Waals surface area contributed by atoms with Gasteiger partial charge in [-0.1, -0.05) is 19.4 Å². The SMILES string of the molecule is CCCCN1CC2(CCN(c3ccc(C4CCc5cc(OC[C@@H]6CCCO6)ccc5C4=O)cc3F)C2)C1. The topological polar surface area (TPSA) is 42.0 Å². The van der Waals surface area contributed by atoms with Crippen molar-refractivity contribution in [3.05, 3.63) is 58.9 Å². The predicted molar refractivity (Wildman–Crippen MR) is 143 cm³/mol. The second-order valence-electron chi connectivity index (χ2n) is 11.7. The van der Waals surface area contributed by atoms with Crippen molar-refractivity contribution >= 4 is 11.5 Å². The van der Waals surface area contributed by atoms with Crippen LogP contribution >= 0.6 is 0 Å². The van der Waals surface area contributed by atoms with Gasteiger partial charge in [0.2, 0.25) is 0 Å². The molecule has 3 aliphatic heterocycles. The Kier molecular flexibility index (Phi) is 6.97. The van der Waals surface area contributed by atoms with Crippen LogP contribution in [-0.4, -0.2) is 62.7 Å². The third-order valence-corrected chi connectivity index (χ3v) is 8.92. The van der Waals surface area contributed by atoms with Gasteiger partial charge < -0.3 is 19.3 Å². The lowest BCUT2D eigenvalue weighted by atomic mass is 9.78. The van der Waals surface area contributed by atoms with Crippen molar-refractivity contribution in [2.75, 3.05) is 50.8 Å². The van der Waals surface area contributed by atoms with Gasteiger partial charge in [-0.2, -0.15) is 0 Å². The largest absolute Gasteiger partial charge is 0.491 e. The number of anilines is 1. The van der Waals surface area contributed by atoms with Crippen molar-refractivity contribution in [2.45, 2.75) is 63.9 Å². The Bertz CT molecular complexity index is 1140. The number of ketones is 1. The van der Waals surface area contributed by atoms with E-state index in [-0.39, 0.29) is 23.6 Å². The van der Waals surface area contributed by atoms with Crippen LogP contribution in [-0.2, 0) is 11.2 Å². The molecule has 1 spiro atoms. The number of hydrogen-bond acceptors (Lipinski definition) is 5. The average Bonchev–Trinajstić information content (AvgIpc) is 3.56. The maximum Gasteiger partial charge on any atom is 0.170 e. The lowest BCUT2D eigenvalue weighted by Crippen LogP contribution is -2.57. The highest BCUT2D eigenvalue weighted by Crippen LogP contribution is 2.42. The first-order valence-corrected chi connectivity index (χ1v) is 14.2. The zero-order valence-electron chi connectivity index (χ0n) is 22.0. The van der Waals surface area contributed by atoms with Crippen molar-refractivity contribution in [1.29, 1.82) is 0 Å². The number of unbranched alkanes of at least 4 members (excludes halogenated alkanes) is 1. The Morgan fingerprint density at radius 2 is 2.03 bits per heavy atom. The summed E-state index contributed by atoms with van der Waals surface area (Å²) in [5.74, 6) is 0.381. The molecule has 2 aromatic carbocycles. The van der Waals surface area contributed by atoms with E-state index in [1.54, 1.807) is 6.07 Å². The summed E-state index contributed by atoms with van der Waals surface area (Å²) < 4.78 is 26.9. The maximum atomic E-state index is 15.4. The molecule has 0 aromatic heterocycles. The van der Waals surface area contributed by atoms with Crippen LogP contribution in [0, 0.1) is 11.2 Å². The summed E-state index contributed by atoms with van der Waals surface area (Å²) in [5.41, 5.74) is 3.57. The summed E-state index contributed by atoms with van der Waals surface area (Å²) in [4.78, 5) is 18.1. The number of benzene rings is 2. The summed E-state index contributed by atoms with van der Waals surface area (Å²) >= 11 is 0. The minimum absolute atomic E-state index is 0.0841. The zero-order chi connectivity index (χ0) is 25.4. The molecule has 6 rings (SSSR count). The van der Waals surface area contributed by atoms with Crippen LogP contribution in [0.2, 0.25) is 0 Å². The van der Waals surface area contributed by atoms with Crippen molar-refractivity contribution in [1.82, 2.24) is 4.90 Å². The smallest absolute Gasteiger partial charge is 0.170 e. The summed E-state index contributed by atoms with van der Waals surface area (Å²) in [5, 5.41) is 0. The first-order chi connectivity index (χ1) is 18.0. The fourth-order valence-corrected chi connectivity index (χ4v) is 6.85. The van der Waals surface area contributed by atoms with Gasteiger partial charge in [0.25, 0.3) is 0 Å². The molecule has 1 aliphatic carbocycles. The Morgan fingerprint density at radius 3 is 2.81 bits per heavy atom. The normalized spacial score (nSPS) is 24.9. The second kappa shape index (κ2) is 10.4. The number of carbonyl (C=O) groups excluding carboxylic acids is 1. The van der Waals surface area contributed by atoms with E-state index in [2.05, 4.69) is 16.7 Å². The predicted octanol–water partition coefficient (Wildman–Crippen LogP) is 5.61. The number of ether oxygens (including phenoxy) is 2. The van der Waals surface area contributed by atoms with Gasteiger partial charge in [-0.25, -0.2) is 4.39 Å². The van der Waals surface area contributed by atoms with Crippen LogP contribution in [0.5, 0.6) is 5.75 Å². The lowest BCUT2D eigenvalue weighted by Gasteiger charge is -2.48. The number of aryl methyl sites for hydroxylation is 1. The van der Waals surface area contributed by atoms with Crippen LogP contribution in [0.3, 0.4) is 0 Å². The van der Waals surface area contributed by atoms with Crippen LogP contribution in [0.25, 0.3) is 0 Å². The van der Waals surface area contributed by atoms with Gasteiger partial charge in [-0.3, -0.25) is 4.79 Å². The molecular weight excluding hydrogens is 467 g/mol. The van der Waals surface area contributed by atoms with E-state index >= 15 is 4.39 Å². The number of hydrogen-bond donors (Lipinski definition) is 0.